The van der Waals surface area contributed by atoms with Gasteiger partial charge in [-0.25, -0.2) is 0 Å². The summed E-state index contributed by atoms with van der Waals surface area (Å²) in [4.78, 5) is 12.5. The van der Waals surface area contributed by atoms with Crippen molar-refractivity contribution in [2.45, 2.75) is 226 Å². The van der Waals surface area contributed by atoms with Gasteiger partial charge in [-0.15, -0.1) is 0 Å². The van der Waals surface area contributed by atoms with Crippen molar-refractivity contribution in [1.82, 2.24) is 0 Å². The molecule has 4 fully saturated rings. The predicted molar refractivity (Wildman–Crippen MR) is 220 cm³/mol. The third-order valence-electron chi connectivity index (χ3n) is 15.8. The first-order valence-corrected chi connectivity index (χ1v) is 23.3. The van der Waals surface area contributed by atoms with Gasteiger partial charge in [0.2, 0.25) is 0 Å². The quantitative estimate of drug-likeness (QED) is 0.0567. The smallest absolute Gasteiger partial charge is 0.305 e. The van der Waals surface area contributed by atoms with Crippen molar-refractivity contribution in [3.05, 3.63) is 11.3 Å². The molecule has 1 heterocycles. The maximum atomic E-state index is 12.5. The number of fused-ring (bicyclic) bond motifs is 5. The van der Waals surface area contributed by atoms with Gasteiger partial charge in [0.25, 0.3) is 0 Å². The fraction of sp³-hybridized carbons (Fsp3) is 0.936. The number of aliphatic hydroxyl groups is 5. The van der Waals surface area contributed by atoms with Gasteiger partial charge in [0.05, 0.1) is 6.10 Å². The van der Waals surface area contributed by atoms with E-state index < -0.39 is 42.9 Å². The maximum Gasteiger partial charge on any atom is 0.305 e. The maximum absolute atomic E-state index is 12.5. The highest BCUT2D eigenvalue weighted by atomic mass is 16.7. The summed E-state index contributed by atoms with van der Waals surface area (Å²) >= 11 is 0. The Morgan fingerprint density at radius 3 is 2.11 bits per heavy atom. The van der Waals surface area contributed by atoms with Crippen LogP contribution in [-0.4, -0.2) is 81.0 Å². The number of unbranched alkanes of at least 4 members (excludes halogenated alkanes) is 10. The van der Waals surface area contributed by atoms with Gasteiger partial charge < -0.3 is 39.7 Å². The Balaban J connectivity index is 1.11. The molecule has 0 aromatic carbocycles. The van der Waals surface area contributed by atoms with Crippen LogP contribution in [0.4, 0.5) is 0 Å². The third-order valence-corrected chi connectivity index (χ3v) is 15.8. The standard InChI is InChI=1S/C47H82O9/c1-7-8-9-10-11-12-13-14-15-16-17-21-38(48)54-29-37-41(50)43(52)44(53)45(56-37)55-32-24-26-47(6)35-25-27-46(5)33(31(4)20-18-19-30(2)3)22-23-34(46)39(35)42(51)40(49)36(47)28-32/h30-35,37,39,41-45,49-53H,7-29H2,1-6H3/t31-,32+,33-,34+,35+,37-,39+,41-,42?,43+,44+,45+,46-,47-/m1/s1. The van der Waals surface area contributed by atoms with E-state index in [1.165, 1.54) is 77.0 Å². The zero-order chi connectivity index (χ0) is 40.6. The monoisotopic (exact) mass is 791 g/mol. The lowest BCUT2D eigenvalue weighted by Crippen LogP contribution is -2.60. The minimum Gasteiger partial charge on any atom is -0.510 e. The highest BCUT2D eigenvalue weighted by Crippen LogP contribution is 2.68. The number of carbonyl (C=O) groups is 1. The van der Waals surface area contributed by atoms with Crippen molar-refractivity contribution in [1.29, 1.82) is 0 Å². The number of esters is 1. The van der Waals surface area contributed by atoms with Crippen LogP contribution in [0.25, 0.3) is 0 Å². The van der Waals surface area contributed by atoms with Crippen LogP contribution in [-0.2, 0) is 19.0 Å². The van der Waals surface area contributed by atoms with E-state index in [1.807, 2.05) is 0 Å². The number of carbonyl (C=O) groups excluding carboxylic acids is 1. The van der Waals surface area contributed by atoms with E-state index in [0.717, 1.165) is 56.4 Å². The lowest BCUT2D eigenvalue weighted by atomic mass is 9.46. The topological polar surface area (TPSA) is 146 Å². The normalized spacial score (nSPS) is 38.9. The molecule has 0 aromatic heterocycles. The summed E-state index contributed by atoms with van der Waals surface area (Å²) in [5.74, 6) is 2.46. The average molecular weight is 791 g/mol. The van der Waals surface area contributed by atoms with E-state index in [-0.39, 0.29) is 47.4 Å². The number of ether oxygens (including phenoxy) is 3. The number of hydrogen-bond acceptors (Lipinski definition) is 9. The van der Waals surface area contributed by atoms with Gasteiger partial charge in [-0.2, -0.15) is 0 Å². The van der Waals surface area contributed by atoms with Crippen LogP contribution in [0, 0.1) is 46.3 Å². The van der Waals surface area contributed by atoms with E-state index in [9.17, 15) is 30.3 Å². The molecule has 0 spiro atoms. The Morgan fingerprint density at radius 2 is 1.45 bits per heavy atom. The summed E-state index contributed by atoms with van der Waals surface area (Å²) in [5.41, 5.74) is 0.759. The largest absolute Gasteiger partial charge is 0.510 e. The summed E-state index contributed by atoms with van der Waals surface area (Å²) in [6, 6.07) is 0. The first-order valence-electron chi connectivity index (χ1n) is 23.3. The fourth-order valence-electron chi connectivity index (χ4n) is 12.4. The Hall–Kier alpha value is -1.23. The lowest BCUT2D eigenvalue weighted by Gasteiger charge is -2.60. The van der Waals surface area contributed by atoms with Gasteiger partial charge in [-0.05, 0) is 103 Å². The van der Waals surface area contributed by atoms with Crippen LogP contribution in [0.1, 0.15) is 183 Å². The van der Waals surface area contributed by atoms with Gasteiger partial charge in [0.1, 0.15) is 42.9 Å². The Labute approximate surface area is 339 Å². The molecule has 1 saturated heterocycles. The van der Waals surface area contributed by atoms with Crippen molar-refractivity contribution < 1.29 is 44.5 Å². The Morgan fingerprint density at radius 1 is 0.786 bits per heavy atom. The number of hydrogen-bond donors (Lipinski definition) is 5. The molecule has 1 unspecified atom stereocenters. The first kappa shape index (κ1) is 45.8. The van der Waals surface area contributed by atoms with Crippen LogP contribution in [0.15, 0.2) is 11.3 Å². The molecule has 5 N–H and O–H groups in total. The molecule has 5 rings (SSSR count). The van der Waals surface area contributed by atoms with Crippen molar-refractivity contribution >= 4 is 5.97 Å². The third kappa shape index (κ3) is 10.6. The second-order valence-corrected chi connectivity index (χ2v) is 20.0. The molecule has 0 radical (unpaired) electrons. The van der Waals surface area contributed by atoms with Crippen molar-refractivity contribution in [2.75, 3.05) is 6.61 Å². The highest BCUT2D eigenvalue weighted by Gasteiger charge is 2.63. The molecule has 0 aromatic rings. The predicted octanol–water partition coefficient (Wildman–Crippen LogP) is 9.32. The molecule has 0 amide bonds. The van der Waals surface area contributed by atoms with Crippen molar-refractivity contribution in [3.63, 3.8) is 0 Å². The van der Waals surface area contributed by atoms with Gasteiger partial charge in [-0.1, -0.05) is 125 Å². The number of rotatable bonds is 21. The molecule has 3 saturated carbocycles. The van der Waals surface area contributed by atoms with Gasteiger partial charge in [0.15, 0.2) is 6.29 Å². The second kappa shape index (κ2) is 20.8. The molecule has 1 aliphatic heterocycles. The molecule has 14 atom stereocenters. The van der Waals surface area contributed by atoms with Crippen LogP contribution in [0.3, 0.4) is 0 Å². The summed E-state index contributed by atoms with van der Waals surface area (Å²) in [6.07, 6.45) is 15.4. The van der Waals surface area contributed by atoms with Gasteiger partial charge in [0, 0.05) is 6.42 Å². The Kier molecular flexibility index (Phi) is 17.1. The molecule has 9 heteroatoms. The zero-order valence-electron chi connectivity index (χ0n) is 36.1. The molecule has 9 nitrogen and oxygen atoms in total. The second-order valence-electron chi connectivity index (χ2n) is 20.0. The van der Waals surface area contributed by atoms with E-state index in [1.54, 1.807) is 0 Å². The molecule has 0 bridgehead atoms. The van der Waals surface area contributed by atoms with Crippen LogP contribution in [0.5, 0.6) is 0 Å². The van der Waals surface area contributed by atoms with Crippen molar-refractivity contribution in [2.24, 2.45) is 46.3 Å². The van der Waals surface area contributed by atoms with Crippen LogP contribution >= 0.6 is 0 Å². The summed E-state index contributed by atoms with van der Waals surface area (Å²) in [6.45, 7) is 13.8. The van der Waals surface area contributed by atoms with E-state index >= 15 is 0 Å². The van der Waals surface area contributed by atoms with E-state index in [4.69, 9.17) is 14.2 Å². The Bertz CT molecular complexity index is 1250. The molecular weight excluding hydrogens is 709 g/mol. The van der Waals surface area contributed by atoms with Crippen molar-refractivity contribution in [3.8, 4) is 0 Å². The van der Waals surface area contributed by atoms with Crippen LogP contribution < -0.4 is 0 Å². The highest BCUT2D eigenvalue weighted by molar-refractivity contribution is 5.69. The molecule has 56 heavy (non-hydrogen) atoms. The molecule has 324 valence electrons. The van der Waals surface area contributed by atoms with Gasteiger partial charge in [-0.3, -0.25) is 4.79 Å². The van der Waals surface area contributed by atoms with E-state index in [2.05, 4.69) is 41.5 Å². The minimum atomic E-state index is -1.53. The summed E-state index contributed by atoms with van der Waals surface area (Å²) < 4.78 is 17.8. The van der Waals surface area contributed by atoms with E-state index in [0.29, 0.717) is 30.6 Å². The fourth-order valence-corrected chi connectivity index (χ4v) is 12.4. The summed E-state index contributed by atoms with van der Waals surface area (Å²) in [5, 5.41) is 56.1. The minimum absolute atomic E-state index is 0.0336. The average Bonchev–Trinajstić information content (AvgIpc) is 3.53. The lowest BCUT2D eigenvalue weighted by molar-refractivity contribution is -0.313. The summed E-state index contributed by atoms with van der Waals surface area (Å²) in [7, 11) is 0. The molecular formula is C47H82O9. The number of aliphatic hydroxyl groups excluding tert-OH is 5. The molecule has 4 aliphatic carbocycles. The molecule has 5 aliphatic rings. The first-order chi connectivity index (χ1) is 26.7. The SMILES string of the molecule is CCCCCCCCCCCCCC(=O)OC[C@H]1O[C@H](O[C@H]2CC[C@@]3(C)C(=C(O)C(O)[C@H]4[C@@H]5CC[C@H]([C@H](C)CCCC(C)C)[C@@]5(C)CC[C@@H]43)C2)[C@@H](O)[C@@H](O)[C@@H]1O. The van der Waals surface area contributed by atoms with Gasteiger partial charge >= 0.3 is 5.97 Å². The van der Waals surface area contributed by atoms with Crippen LogP contribution in [0.2, 0.25) is 0 Å². The zero-order valence-corrected chi connectivity index (χ0v) is 36.1.